The summed E-state index contributed by atoms with van der Waals surface area (Å²) >= 11 is 0. The van der Waals surface area contributed by atoms with Gasteiger partial charge in [0, 0.05) is 19.6 Å². The third kappa shape index (κ3) is 5.36. The van der Waals surface area contributed by atoms with Crippen LogP contribution >= 0.6 is 0 Å². The molecular formula is C14H26N2O4. The van der Waals surface area contributed by atoms with E-state index in [-0.39, 0.29) is 24.5 Å². The summed E-state index contributed by atoms with van der Waals surface area (Å²) in [6.45, 7) is 5.41. The zero-order chi connectivity index (χ0) is 15.0. The van der Waals surface area contributed by atoms with Crippen molar-refractivity contribution in [1.29, 1.82) is 0 Å². The summed E-state index contributed by atoms with van der Waals surface area (Å²) in [6, 6.07) is 0. The molecular weight excluding hydrogens is 260 g/mol. The van der Waals surface area contributed by atoms with Gasteiger partial charge in [0.05, 0.1) is 18.6 Å². The molecule has 0 unspecified atom stereocenters. The summed E-state index contributed by atoms with van der Waals surface area (Å²) in [7, 11) is 0. The van der Waals surface area contributed by atoms with Crippen LogP contribution in [-0.2, 0) is 9.53 Å². The smallest absolute Gasteiger partial charge is 0.409 e. The number of carbonyl (C=O) groups excluding carboxylic acids is 2. The lowest BCUT2D eigenvalue weighted by Crippen LogP contribution is -2.46. The Kier molecular flexibility index (Phi) is 7.36. The number of likely N-dealkylation sites (tertiary alicyclic amines) is 1. The maximum absolute atomic E-state index is 12.0. The third-order valence-electron chi connectivity index (χ3n) is 3.45. The number of hydrogen-bond donors (Lipinski definition) is 2. The second kappa shape index (κ2) is 8.79. The van der Waals surface area contributed by atoms with E-state index < -0.39 is 6.10 Å². The molecule has 0 spiro atoms. The molecule has 6 heteroatoms. The van der Waals surface area contributed by atoms with E-state index in [4.69, 9.17) is 4.74 Å². The van der Waals surface area contributed by atoms with Crippen LogP contribution in [-0.4, -0.2) is 54.4 Å². The number of piperidine rings is 1. The molecule has 1 rings (SSSR count). The molecule has 0 aromatic heterocycles. The molecule has 2 N–H and O–H groups in total. The van der Waals surface area contributed by atoms with E-state index >= 15 is 0 Å². The molecule has 0 aromatic rings. The summed E-state index contributed by atoms with van der Waals surface area (Å²) < 4.78 is 4.95. The first-order valence-electron chi connectivity index (χ1n) is 7.45. The predicted molar refractivity (Wildman–Crippen MR) is 75.2 cm³/mol. The summed E-state index contributed by atoms with van der Waals surface area (Å²) in [5.74, 6) is -0.295. The van der Waals surface area contributed by atoms with Crippen molar-refractivity contribution in [3.8, 4) is 0 Å². The van der Waals surface area contributed by atoms with Gasteiger partial charge in [-0.2, -0.15) is 0 Å². The van der Waals surface area contributed by atoms with Crippen molar-refractivity contribution in [1.82, 2.24) is 10.2 Å². The van der Waals surface area contributed by atoms with Crippen LogP contribution in [0.2, 0.25) is 0 Å². The predicted octanol–water partition coefficient (Wildman–Crippen LogP) is 1.13. The summed E-state index contributed by atoms with van der Waals surface area (Å²) in [6.07, 6.45) is 2.29. The van der Waals surface area contributed by atoms with Gasteiger partial charge in [-0.3, -0.25) is 4.79 Å². The van der Waals surface area contributed by atoms with Crippen molar-refractivity contribution in [3.63, 3.8) is 0 Å². The first-order valence-corrected chi connectivity index (χ1v) is 7.45. The maximum Gasteiger partial charge on any atom is 0.409 e. The number of nitrogens with one attached hydrogen (secondary N) is 1. The minimum atomic E-state index is -0.492. The second-order valence-corrected chi connectivity index (χ2v) is 5.17. The number of amides is 2. The molecule has 0 aromatic carbocycles. The van der Waals surface area contributed by atoms with Crippen LogP contribution in [0.25, 0.3) is 0 Å². The van der Waals surface area contributed by atoms with E-state index in [0.717, 1.165) is 19.3 Å². The van der Waals surface area contributed by atoms with Crippen LogP contribution in [0.15, 0.2) is 0 Å². The first-order chi connectivity index (χ1) is 9.58. The van der Waals surface area contributed by atoms with Crippen LogP contribution in [0.5, 0.6) is 0 Å². The lowest BCUT2D eigenvalue weighted by Gasteiger charge is -2.31. The minimum absolute atomic E-state index is 0.0887. The van der Waals surface area contributed by atoms with Crippen molar-refractivity contribution >= 4 is 12.0 Å². The molecule has 6 nitrogen and oxygen atoms in total. The average molecular weight is 286 g/mol. The molecule has 0 aliphatic carbocycles. The fourth-order valence-electron chi connectivity index (χ4n) is 2.37. The Hall–Kier alpha value is -1.30. The molecule has 1 aliphatic rings. The molecule has 1 aliphatic heterocycles. The summed E-state index contributed by atoms with van der Waals surface area (Å²) in [5.41, 5.74) is 0. The fourth-order valence-corrected chi connectivity index (χ4v) is 2.37. The van der Waals surface area contributed by atoms with Gasteiger partial charge in [0.1, 0.15) is 0 Å². The van der Waals surface area contributed by atoms with Gasteiger partial charge >= 0.3 is 6.09 Å². The Morgan fingerprint density at radius 1 is 1.45 bits per heavy atom. The normalized spacial score (nSPS) is 20.4. The lowest BCUT2D eigenvalue weighted by molar-refractivity contribution is -0.126. The molecule has 1 saturated heterocycles. The Labute approximate surface area is 120 Å². The topological polar surface area (TPSA) is 78.9 Å². The van der Waals surface area contributed by atoms with E-state index in [9.17, 15) is 14.7 Å². The Morgan fingerprint density at radius 3 is 2.85 bits per heavy atom. The molecule has 116 valence electrons. The molecule has 0 radical (unpaired) electrons. The monoisotopic (exact) mass is 286 g/mol. The zero-order valence-electron chi connectivity index (χ0n) is 12.4. The van der Waals surface area contributed by atoms with Gasteiger partial charge in [-0.1, -0.05) is 13.3 Å². The van der Waals surface area contributed by atoms with E-state index in [1.54, 1.807) is 11.8 Å². The van der Waals surface area contributed by atoms with Crippen molar-refractivity contribution in [2.45, 2.75) is 45.6 Å². The molecule has 2 atom stereocenters. The van der Waals surface area contributed by atoms with E-state index in [2.05, 4.69) is 5.32 Å². The fraction of sp³-hybridized carbons (Fsp3) is 0.857. The largest absolute Gasteiger partial charge is 0.450 e. The van der Waals surface area contributed by atoms with E-state index in [1.807, 2.05) is 6.92 Å². The quantitative estimate of drug-likeness (QED) is 0.767. The highest BCUT2D eigenvalue weighted by Crippen LogP contribution is 2.17. The highest BCUT2D eigenvalue weighted by molar-refractivity contribution is 5.80. The Morgan fingerprint density at radius 2 is 2.20 bits per heavy atom. The van der Waals surface area contributed by atoms with E-state index in [0.29, 0.717) is 26.1 Å². The number of carbonyl (C=O) groups is 2. The number of rotatable bonds is 6. The number of ether oxygens (including phenoxy) is 1. The number of hydrogen-bond acceptors (Lipinski definition) is 4. The molecule has 0 bridgehead atoms. The van der Waals surface area contributed by atoms with Crippen LogP contribution in [0.4, 0.5) is 4.79 Å². The van der Waals surface area contributed by atoms with Crippen molar-refractivity contribution in [3.05, 3.63) is 0 Å². The van der Waals surface area contributed by atoms with Gasteiger partial charge in [-0.15, -0.1) is 0 Å². The van der Waals surface area contributed by atoms with Gasteiger partial charge in [0.2, 0.25) is 5.91 Å². The maximum atomic E-state index is 12.0. The number of aliphatic hydroxyl groups excluding tert-OH is 1. The van der Waals surface area contributed by atoms with Crippen LogP contribution in [0.1, 0.15) is 39.5 Å². The van der Waals surface area contributed by atoms with Crippen molar-refractivity contribution in [2.75, 3.05) is 26.2 Å². The highest BCUT2D eigenvalue weighted by Gasteiger charge is 2.29. The van der Waals surface area contributed by atoms with Gasteiger partial charge in [-0.25, -0.2) is 4.79 Å². The standard InChI is InChI=1S/C14H26N2O4/c1-3-6-12(17)9-15-13(18)11-7-5-8-16(10-11)14(19)20-4-2/h11-12,17H,3-10H2,1-2H3,(H,15,18)/t11-,12+/m1/s1. The van der Waals surface area contributed by atoms with E-state index in [1.165, 1.54) is 0 Å². The van der Waals surface area contributed by atoms with Crippen LogP contribution < -0.4 is 5.32 Å². The molecule has 0 saturated carbocycles. The number of aliphatic hydroxyl groups is 1. The average Bonchev–Trinajstić information content (AvgIpc) is 2.45. The Bertz CT molecular complexity index is 322. The second-order valence-electron chi connectivity index (χ2n) is 5.17. The zero-order valence-corrected chi connectivity index (χ0v) is 12.4. The third-order valence-corrected chi connectivity index (χ3v) is 3.45. The SMILES string of the molecule is CCC[C@H](O)CNC(=O)[C@@H]1CCCN(C(=O)OCC)C1. The van der Waals surface area contributed by atoms with Gasteiger partial charge in [0.25, 0.3) is 0 Å². The highest BCUT2D eigenvalue weighted by atomic mass is 16.6. The summed E-state index contributed by atoms with van der Waals surface area (Å²) in [4.78, 5) is 25.3. The Balaban J connectivity index is 2.38. The van der Waals surface area contributed by atoms with Crippen LogP contribution in [0.3, 0.4) is 0 Å². The van der Waals surface area contributed by atoms with Crippen LogP contribution in [0, 0.1) is 5.92 Å². The van der Waals surface area contributed by atoms with Gasteiger partial charge in [-0.05, 0) is 26.2 Å². The lowest BCUT2D eigenvalue weighted by atomic mass is 9.97. The van der Waals surface area contributed by atoms with Crippen molar-refractivity contribution in [2.24, 2.45) is 5.92 Å². The molecule has 2 amide bonds. The molecule has 1 fully saturated rings. The molecule has 1 heterocycles. The van der Waals surface area contributed by atoms with Gasteiger partial charge < -0.3 is 20.1 Å². The van der Waals surface area contributed by atoms with Gasteiger partial charge in [0.15, 0.2) is 0 Å². The number of nitrogens with zero attached hydrogens (tertiary/aromatic N) is 1. The minimum Gasteiger partial charge on any atom is -0.450 e. The molecule has 20 heavy (non-hydrogen) atoms. The first kappa shape index (κ1) is 16.8. The summed E-state index contributed by atoms with van der Waals surface area (Å²) in [5, 5.41) is 12.4. The van der Waals surface area contributed by atoms with Crippen molar-refractivity contribution < 1.29 is 19.4 Å².